The molecule has 0 radical (unpaired) electrons. The zero-order valence-corrected chi connectivity index (χ0v) is 17.5. The van der Waals surface area contributed by atoms with Crippen LogP contribution in [0.5, 0.6) is 0 Å². The van der Waals surface area contributed by atoms with Crippen LogP contribution in [0.25, 0.3) is 0 Å². The van der Waals surface area contributed by atoms with Crippen molar-refractivity contribution < 1.29 is 23.9 Å². The molecule has 1 saturated carbocycles. The van der Waals surface area contributed by atoms with Crippen LogP contribution in [-0.2, 0) is 14.3 Å². The van der Waals surface area contributed by atoms with Crippen LogP contribution in [0.15, 0.2) is 54.6 Å². The molecular formula is C26H23NO5. The number of hydrogen-bond acceptors (Lipinski definition) is 5. The molecule has 162 valence electrons. The number of carbonyl (C=O) groups excluding carboxylic acids is 4. The fourth-order valence-corrected chi connectivity index (χ4v) is 6.18. The van der Waals surface area contributed by atoms with Crippen LogP contribution in [0.1, 0.15) is 64.5 Å². The molecule has 0 unspecified atom stereocenters. The third-order valence-electron chi connectivity index (χ3n) is 7.62. The smallest absolute Gasteiger partial charge is 0.237 e. The Morgan fingerprint density at radius 3 is 1.97 bits per heavy atom. The topological polar surface area (TPSA) is 80.8 Å². The summed E-state index contributed by atoms with van der Waals surface area (Å²) >= 11 is 0. The Bertz CT molecular complexity index is 1110. The molecule has 2 aliphatic heterocycles. The zero-order chi connectivity index (χ0) is 22.0. The molecular weight excluding hydrogens is 406 g/mol. The van der Waals surface area contributed by atoms with Crippen LogP contribution in [0.4, 0.5) is 0 Å². The van der Waals surface area contributed by atoms with Gasteiger partial charge in [0.1, 0.15) is 0 Å². The molecule has 3 atom stereocenters. The van der Waals surface area contributed by atoms with E-state index in [0.29, 0.717) is 5.56 Å². The van der Waals surface area contributed by atoms with E-state index in [2.05, 4.69) is 0 Å². The van der Waals surface area contributed by atoms with Gasteiger partial charge in [0.2, 0.25) is 29.0 Å². The van der Waals surface area contributed by atoms with Crippen LogP contribution in [0.2, 0.25) is 0 Å². The SMILES string of the molecule is O=C1[C@H]2[C@@H](c3ccccc3)OC3(C(=O)c4ccccc4C3=O)[C@@H]2C(=O)N1C1CCCCC1. The molecule has 2 saturated heterocycles. The van der Waals surface area contributed by atoms with Crippen molar-refractivity contribution in [1.82, 2.24) is 4.90 Å². The quantitative estimate of drug-likeness (QED) is 0.539. The Balaban J connectivity index is 1.51. The van der Waals surface area contributed by atoms with Gasteiger partial charge in [0, 0.05) is 17.2 Å². The molecule has 0 bridgehead atoms. The van der Waals surface area contributed by atoms with E-state index in [1.807, 2.05) is 30.3 Å². The Hall–Kier alpha value is -3.12. The van der Waals surface area contributed by atoms with Gasteiger partial charge in [-0.05, 0) is 18.4 Å². The van der Waals surface area contributed by atoms with Crippen molar-refractivity contribution in [1.29, 1.82) is 0 Å². The summed E-state index contributed by atoms with van der Waals surface area (Å²) in [6, 6.07) is 15.5. The van der Waals surface area contributed by atoms with E-state index >= 15 is 0 Å². The Morgan fingerprint density at radius 2 is 1.34 bits per heavy atom. The summed E-state index contributed by atoms with van der Waals surface area (Å²) in [4.78, 5) is 56.2. The predicted molar refractivity (Wildman–Crippen MR) is 114 cm³/mol. The highest BCUT2D eigenvalue weighted by Gasteiger charge is 2.75. The summed E-state index contributed by atoms with van der Waals surface area (Å²) in [7, 11) is 0. The van der Waals surface area contributed by atoms with Crippen molar-refractivity contribution in [2.45, 2.75) is 49.9 Å². The average Bonchev–Trinajstić information content (AvgIpc) is 3.40. The lowest BCUT2D eigenvalue weighted by Crippen LogP contribution is -2.52. The van der Waals surface area contributed by atoms with E-state index in [-0.39, 0.29) is 23.1 Å². The zero-order valence-electron chi connectivity index (χ0n) is 17.5. The van der Waals surface area contributed by atoms with E-state index in [4.69, 9.17) is 4.74 Å². The largest absolute Gasteiger partial charge is 0.349 e. The fraction of sp³-hybridized carbons (Fsp3) is 0.385. The second-order valence-electron chi connectivity index (χ2n) is 9.23. The number of hydrogen-bond donors (Lipinski definition) is 0. The molecule has 2 heterocycles. The molecule has 2 aromatic carbocycles. The maximum atomic E-state index is 13.8. The molecule has 32 heavy (non-hydrogen) atoms. The first-order valence-corrected chi connectivity index (χ1v) is 11.3. The lowest BCUT2D eigenvalue weighted by atomic mass is 9.77. The van der Waals surface area contributed by atoms with Gasteiger partial charge in [-0.25, -0.2) is 0 Å². The second-order valence-corrected chi connectivity index (χ2v) is 9.23. The minimum atomic E-state index is -1.97. The van der Waals surface area contributed by atoms with Gasteiger partial charge in [-0.3, -0.25) is 24.1 Å². The van der Waals surface area contributed by atoms with Crippen LogP contribution < -0.4 is 0 Å². The molecule has 1 spiro atoms. The summed E-state index contributed by atoms with van der Waals surface area (Å²) in [5, 5.41) is 0. The highest BCUT2D eigenvalue weighted by atomic mass is 16.5. The van der Waals surface area contributed by atoms with Crippen molar-refractivity contribution >= 4 is 23.4 Å². The van der Waals surface area contributed by atoms with Gasteiger partial charge in [0.05, 0.1) is 17.9 Å². The standard InChI is InChI=1S/C26H23NO5/c28-22-17-13-7-8-14-18(17)23(29)26(22)20-19(21(32-26)15-9-3-1-4-10-15)24(30)27(25(20)31)16-11-5-2-6-12-16/h1,3-4,7-10,13-14,16,19-21H,2,5-6,11-12H2/t19-,20+,21-/m1/s1. The fourth-order valence-electron chi connectivity index (χ4n) is 6.18. The van der Waals surface area contributed by atoms with Gasteiger partial charge in [-0.2, -0.15) is 0 Å². The Morgan fingerprint density at radius 1 is 0.750 bits per heavy atom. The molecule has 3 fully saturated rings. The van der Waals surface area contributed by atoms with Crippen LogP contribution in [-0.4, -0.2) is 39.9 Å². The Kier molecular flexibility index (Phi) is 4.24. The third kappa shape index (κ3) is 2.39. The highest BCUT2D eigenvalue weighted by molar-refractivity contribution is 6.35. The number of fused-ring (bicyclic) bond motifs is 3. The monoisotopic (exact) mass is 429 g/mol. The number of amides is 2. The summed E-state index contributed by atoms with van der Waals surface area (Å²) in [6.07, 6.45) is 3.72. The van der Waals surface area contributed by atoms with Gasteiger partial charge in [0.15, 0.2) is 0 Å². The van der Waals surface area contributed by atoms with Gasteiger partial charge >= 0.3 is 0 Å². The van der Waals surface area contributed by atoms with Gasteiger partial charge in [-0.1, -0.05) is 73.9 Å². The molecule has 2 amide bonds. The predicted octanol–water partition coefficient (Wildman–Crippen LogP) is 3.51. The van der Waals surface area contributed by atoms with Crippen LogP contribution in [0.3, 0.4) is 0 Å². The first kappa shape index (κ1) is 19.6. The summed E-state index contributed by atoms with van der Waals surface area (Å²) in [5.74, 6) is -3.76. The van der Waals surface area contributed by atoms with Crippen molar-refractivity contribution in [3.63, 3.8) is 0 Å². The molecule has 2 aromatic rings. The number of imide groups is 1. The van der Waals surface area contributed by atoms with Crippen LogP contribution >= 0.6 is 0 Å². The molecule has 6 heteroatoms. The van der Waals surface area contributed by atoms with Crippen molar-refractivity contribution in [3.8, 4) is 0 Å². The first-order chi connectivity index (χ1) is 15.6. The lowest BCUT2D eigenvalue weighted by molar-refractivity contribution is -0.148. The number of ketones is 2. The van der Waals surface area contributed by atoms with Crippen molar-refractivity contribution in [2.75, 3.05) is 0 Å². The molecule has 6 nitrogen and oxygen atoms in total. The second kappa shape index (κ2) is 6.94. The number of Topliss-reactive ketones (excluding diaryl/α,β-unsaturated/α-hetero) is 2. The number of nitrogens with zero attached hydrogens (tertiary/aromatic N) is 1. The highest BCUT2D eigenvalue weighted by Crippen LogP contribution is 2.57. The Labute approximate surface area is 185 Å². The maximum absolute atomic E-state index is 13.8. The molecule has 6 rings (SSSR count). The lowest BCUT2D eigenvalue weighted by Gasteiger charge is -2.33. The molecule has 4 aliphatic rings. The maximum Gasteiger partial charge on any atom is 0.237 e. The number of carbonyl (C=O) groups is 4. The minimum absolute atomic E-state index is 0.170. The molecule has 0 aromatic heterocycles. The van der Waals surface area contributed by atoms with Crippen LogP contribution in [0, 0.1) is 11.8 Å². The number of ether oxygens (including phenoxy) is 1. The van der Waals surface area contributed by atoms with Gasteiger partial charge in [-0.15, -0.1) is 0 Å². The van der Waals surface area contributed by atoms with E-state index in [1.165, 1.54) is 4.90 Å². The average molecular weight is 429 g/mol. The van der Waals surface area contributed by atoms with Gasteiger partial charge in [0.25, 0.3) is 0 Å². The van der Waals surface area contributed by atoms with E-state index in [1.54, 1.807) is 24.3 Å². The van der Waals surface area contributed by atoms with E-state index in [0.717, 1.165) is 32.1 Å². The van der Waals surface area contributed by atoms with Crippen molar-refractivity contribution in [3.05, 3.63) is 71.3 Å². The number of rotatable bonds is 2. The van der Waals surface area contributed by atoms with E-state index in [9.17, 15) is 19.2 Å². The number of benzene rings is 2. The number of likely N-dealkylation sites (tertiary alicyclic amines) is 1. The summed E-state index contributed by atoms with van der Waals surface area (Å²) in [6.45, 7) is 0. The van der Waals surface area contributed by atoms with Gasteiger partial charge < -0.3 is 4.74 Å². The normalized spacial score (nSPS) is 29.1. The molecule has 2 aliphatic carbocycles. The van der Waals surface area contributed by atoms with E-state index < -0.39 is 41.0 Å². The van der Waals surface area contributed by atoms with Crippen molar-refractivity contribution in [2.24, 2.45) is 11.8 Å². The summed E-state index contributed by atoms with van der Waals surface area (Å²) in [5.41, 5.74) is -0.740. The first-order valence-electron chi connectivity index (χ1n) is 11.3. The third-order valence-corrected chi connectivity index (χ3v) is 7.62. The minimum Gasteiger partial charge on any atom is -0.349 e. The molecule has 0 N–H and O–H groups in total. The summed E-state index contributed by atoms with van der Waals surface area (Å²) < 4.78 is 6.28.